The van der Waals surface area contributed by atoms with Crippen LogP contribution in [-0.4, -0.2) is 40.4 Å². The summed E-state index contributed by atoms with van der Waals surface area (Å²) in [4.78, 5) is 25.9. The molecule has 9 heteroatoms. The molecule has 0 atom stereocenters. The van der Waals surface area contributed by atoms with Gasteiger partial charge in [0.2, 0.25) is 0 Å². The highest BCUT2D eigenvalue weighted by atomic mass is 16.4. The molecule has 0 fully saturated rings. The average Bonchev–Trinajstić information content (AvgIpc) is 2.96. The van der Waals surface area contributed by atoms with Crippen molar-refractivity contribution < 1.29 is 9.90 Å². The molecule has 0 spiro atoms. The van der Waals surface area contributed by atoms with Gasteiger partial charge in [-0.2, -0.15) is 10.2 Å². The molecule has 0 saturated heterocycles. The van der Waals surface area contributed by atoms with Gasteiger partial charge < -0.3 is 5.11 Å². The minimum Gasteiger partial charge on any atom is -0.478 e. The molecule has 0 amide bonds. The molecule has 0 unspecified atom stereocenters. The third-order valence-electron chi connectivity index (χ3n) is 2.36. The number of rotatable bonds is 2. The topological polar surface area (TPSA) is 118 Å². The molecule has 3 aromatic rings. The molecule has 9 nitrogen and oxygen atoms in total. The highest BCUT2D eigenvalue weighted by Crippen LogP contribution is 2.06. The second-order valence-electron chi connectivity index (χ2n) is 3.48. The van der Waals surface area contributed by atoms with Crippen molar-refractivity contribution >= 4 is 11.6 Å². The normalized spacial score (nSPS) is 10.9. The largest absolute Gasteiger partial charge is 0.478 e. The van der Waals surface area contributed by atoms with Gasteiger partial charge >= 0.3 is 11.7 Å². The van der Waals surface area contributed by atoms with Crippen LogP contribution in [0.4, 0.5) is 0 Å². The zero-order valence-electron chi connectivity index (χ0n) is 8.81. The predicted octanol–water partition coefficient (Wildman–Crippen LogP) is -0.699. The van der Waals surface area contributed by atoms with Crippen LogP contribution in [0.25, 0.3) is 11.5 Å². The van der Waals surface area contributed by atoms with E-state index in [0.717, 1.165) is 0 Å². The SMILES string of the molecule is O=C(O)c1cnn(-c2cc3n[nH]c(=O)n3cn2)c1. The molecule has 0 aliphatic heterocycles. The maximum atomic E-state index is 11.2. The minimum absolute atomic E-state index is 0.0519. The molecule has 3 rings (SSSR count). The summed E-state index contributed by atoms with van der Waals surface area (Å²) in [5, 5.41) is 18.7. The number of nitrogens with one attached hydrogen (secondary N) is 1. The van der Waals surface area contributed by atoms with E-state index in [2.05, 4.69) is 20.3 Å². The van der Waals surface area contributed by atoms with Gasteiger partial charge in [-0.3, -0.25) is 0 Å². The Kier molecular flexibility index (Phi) is 1.99. The molecule has 0 bridgehead atoms. The highest BCUT2D eigenvalue weighted by molar-refractivity contribution is 5.86. The van der Waals surface area contributed by atoms with Gasteiger partial charge in [0.05, 0.1) is 11.8 Å². The van der Waals surface area contributed by atoms with E-state index in [1.54, 1.807) is 0 Å². The van der Waals surface area contributed by atoms with Gasteiger partial charge in [0.1, 0.15) is 6.33 Å². The predicted molar refractivity (Wildman–Crippen MR) is 57.7 cm³/mol. The van der Waals surface area contributed by atoms with Crippen molar-refractivity contribution in [2.75, 3.05) is 0 Å². The lowest BCUT2D eigenvalue weighted by molar-refractivity contribution is 0.0697. The van der Waals surface area contributed by atoms with Crippen LogP contribution >= 0.6 is 0 Å². The summed E-state index contributed by atoms with van der Waals surface area (Å²) in [5.41, 5.74) is 0.0317. The van der Waals surface area contributed by atoms with Gasteiger partial charge in [-0.25, -0.2) is 28.8 Å². The number of hydrogen-bond donors (Lipinski definition) is 2. The van der Waals surface area contributed by atoms with E-state index in [1.165, 1.54) is 33.9 Å². The average molecular weight is 246 g/mol. The lowest BCUT2D eigenvalue weighted by Gasteiger charge is -1.98. The second-order valence-corrected chi connectivity index (χ2v) is 3.48. The lowest BCUT2D eigenvalue weighted by atomic mass is 10.4. The van der Waals surface area contributed by atoms with Crippen molar-refractivity contribution in [3.8, 4) is 5.82 Å². The van der Waals surface area contributed by atoms with Gasteiger partial charge in [0.15, 0.2) is 11.5 Å². The highest BCUT2D eigenvalue weighted by Gasteiger charge is 2.09. The van der Waals surface area contributed by atoms with Crippen molar-refractivity contribution in [1.29, 1.82) is 0 Å². The molecule has 0 radical (unpaired) electrons. The number of carbonyl (C=O) groups is 1. The van der Waals surface area contributed by atoms with E-state index in [0.29, 0.717) is 11.5 Å². The second kappa shape index (κ2) is 3.52. The summed E-state index contributed by atoms with van der Waals surface area (Å²) in [6, 6.07) is 1.51. The Morgan fingerprint density at radius 3 is 3.00 bits per heavy atom. The molecule has 0 saturated carbocycles. The standard InChI is InChI=1S/C9H6N6O3/c16-8(17)5-2-11-15(3-5)6-1-7-12-13-9(18)14(7)4-10-6/h1-4H,(H,13,18)(H,16,17). The minimum atomic E-state index is -1.07. The fourth-order valence-electron chi connectivity index (χ4n) is 1.48. The van der Waals surface area contributed by atoms with Crippen molar-refractivity contribution in [2.24, 2.45) is 0 Å². The Labute approximate surface area is 98.3 Å². The van der Waals surface area contributed by atoms with Crippen LogP contribution in [0, 0.1) is 0 Å². The molecule has 2 N–H and O–H groups in total. The van der Waals surface area contributed by atoms with Crippen LogP contribution in [0.3, 0.4) is 0 Å². The zero-order chi connectivity index (χ0) is 12.7. The van der Waals surface area contributed by atoms with Crippen LogP contribution in [0.5, 0.6) is 0 Å². The lowest BCUT2D eigenvalue weighted by Crippen LogP contribution is -2.10. The number of aromatic carboxylic acids is 1. The number of nitrogens with zero attached hydrogens (tertiary/aromatic N) is 5. The van der Waals surface area contributed by atoms with Gasteiger partial charge in [-0.1, -0.05) is 0 Å². The molecule has 0 aliphatic rings. The Balaban J connectivity index is 2.13. The quantitative estimate of drug-likeness (QED) is 0.617. The summed E-state index contributed by atoms with van der Waals surface area (Å²) >= 11 is 0. The molecule has 0 aliphatic carbocycles. The van der Waals surface area contributed by atoms with E-state index in [4.69, 9.17) is 5.11 Å². The zero-order valence-corrected chi connectivity index (χ0v) is 8.81. The Morgan fingerprint density at radius 2 is 2.28 bits per heavy atom. The van der Waals surface area contributed by atoms with Crippen LogP contribution < -0.4 is 5.69 Å². The Morgan fingerprint density at radius 1 is 1.44 bits per heavy atom. The van der Waals surface area contributed by atoms with Gasteiger partial charge in [0.25, 0.3) is 0 Å². The van der Waals surface area contributed by atoms with Crippen molar-refractivity contribution in [3.05, 3.63) is 40.8 Å². The number of carboxylic acids is 1. The van der Waals surface area contributed by atoms with Crippen LogP contribution in [0.2, 0.25) is 0 Å². The van der Waals surface area contributed by atoms with Crippen LogP contribution in [-0.2, 0) is 0 Å². The number of H-pyrrole nitrogens is 1. The number of aromatic nitrogens is 6. The molecule has 3 heterocycles. The summed E-state index contributed by atoms with van der Waals surface area (Å²) in [5.74, 6) is -0.702. The summed E-state index contributed by atoms with van der Waals surface area (Å²) in [6.07, 6.45) is 3.83. The van der Waals surface area contributed by atoms with Crippen molar-refractivity contribution in [1.82, 2.24) is 29.4 Å². The first-order valence-electron chi connectivity index (χ1n) is 4.86. The van der Waals surface area contributed by atoms with Crippen LogP contribution in [0.1, 0.15) is 10.4 Å². The molecule has 18 heavy (non-hydrogen) atoms. The number of hydrogen-bond acceptors (Lipinski definition) is 5. The van der Waals surface area contributed by atoms with Crippen molar-refractivity contribution in [2.45, 2.75) is 0 Å². The van der Waals surface area contributed by atoms with Gasteiger partial charge in [-0.05, 0) is 0 Å². The third kappa shape index (κ3) is 1.45. The fourth-order valence-corrected chi connectivity index (χ4v) is 1.48. The van der Waals surface area contributed by atoms with E-state index in [-0.39, 0.29) is 5.56 Å². The number of carboxylic acid groups (broad SMARTS) is 1. The third-order valence-corrected chi connectivity index (χ3v) is 2.36. The maximum Gasteiger partial charge on any atom is 0.348 e. The summed E-state index contributed by atoms with van der Waals surface area (Å²) in [6.45, 7) is 0. The van der Waals surface area contributed by atoms with E-state index in [9.17, 15) is 9.59 Å². The van der Waals surface area contributed by atoms with Gasteiger partial charge in [-0.15, -0.1) is 0 Å². The maximum absolute atomic E-state index is 11.2. The molecule has 0 aromatic carbocycles. The van der Waals surface area contributed by atoms with Crippen molar-refractivity contribution in [3.63, 3.8) is 0 Å². The first-order chi connectivity index (χ1) is 8.65. The first kappa shape index (κ1) is 10.2. The Bertz CT molecular complexity index is 798. The first-order valence-corrected chi connectivity index (χ1v) is 4.86. The number of aromatic amines is 1. The van der Waals surface area contributed by atoms with E-state index < -0.39 is 11.7 Å². The smallest absolute Gasteiger partial charge is 0.348 e. The molecule has 3 aromatic heterocycles. The van der Waals surface area contributed by atoms with Crippen LogP contribution in [0.15, 0.2) is 29.6 Å². The van der Waals surface area contributed by atoms with E-state index >= 15 is 0 Å². The number of fused-ring (bicyclic) bond motifs is 1. The monoisotopic (exact) mass is 246 g/mol. The fraction of sp³-hybridized carbons (Fsp3) is 0. The molecule has 90 valence electrons. The van der Waals surface area contributed by atoms with E-state index in [1.807, 2.05) is 0 Å². The summed E-state index contributed by atoms with van der Waals surface area (Å²) in [7, 11) is 0. The summed E-state index contributed by atoms with van der Waals surface area (Å²) < 4.78 is 2.52. The molecular formula is C9H6N6O3. The Hall–Kier alpha value is -2.97. The molecular weight excluding hydrogens is 240 g/mol. The van der Waals surface area contributed by atoms with Gasteiger partial charge in [0, 0.05) is 12.3 Å².